The van der Waals surface area contributed by atoms with Crippen molar-refractivity contribution in [2.45, 2.75) is 32.2 Å². The summed E-state index contributed by atoms with van der Waals surface area (Å²) in [6.45, 7) is 6.66. The van der Waals surface area contributed by atoms with Crippen molar-refractivity contribution in [1.29, 1.82) is 0 Å². The first-order valence-electron chi connectivity index (χ1n) is 6.55. The van der Waals surface area contributed by atoms with E-state index in [9.17, 15) is 4.39 Å². The van der Waals surface area contributed by atoms with E-state index in [1.807, 2.05) is 24.5 Å². The van der Waals surface area contributed by atoms with Gasteiger partial charge in [0.25, 0.3) is 0 Å². The number of rotatable bonds is 3. The zero-order valence-corrected chi connectivity index (χ0v) is 15.1. The van der Waals surface area contributed by atoms with E-state index in [2.05, 4.69) is 60.8 Å². The smallest absolute Gasteiger partial charge is 0.124 e. The highest BCUT2D eigenvalue weighted by Gasteiger charge is 2.21. The van der Waals surface area contributed by atoms with Crippen LogP contribution in [0.3, 0.4) is 0 Å². The number of thiophene rings is 1. The van der Waals surface area contributed by atoms with Crippen LogP contribution in [0.4, 0.5) is 4.39 Å². The highest BCUT2D eigenvalue weighted by Crippen LogP contribution is 2.35. The van der Waals surface area contributed by atoms with Gasteiger partial charge in [0, 0.05) is 13.3 Å². The molecule has 1 heterocycles. The molecule has 1 unspecified atom stereocenters. The lowest BCUT2D eigenvalue weighted by atomic mass is 9.95. The summed E-state index contributed by atoms with van der Waals surface area (Å²) in [6, 6.07) is 9.46. The maximum atomic E-state index is 13.3. The molecule has 0 saturated carbocycles. The maximum absolute atomic E-state index is 13.3. The molecular formula is C16H19FINS. The van der Waals surface area contributed by atoms with Gasteiger partial charge < -0.3 is 5.32 Å². The second-order valence-electron chi connectivity index (χ2n) is 5.84. The number of benzene rings is 1. The Kier molecular flexibility index (Phi) is 4.87. The first-order chi connectivity index (χ1) is 9.32. The Bertz CT molecular complexity index is 601. The molecule has 20 heavy (non-hydrogen) atoms. The molecule has 0 radical (unpaired) electrons. The normalized spacial score (nSPS) is 13.5. The SMILES string of the molecule is CNC(c1ccc(C(C)(C)C)s1)c1ccc(F)cc1I. The molecule has 1 atom stereocenters. The lowest BCUT2D eigenvalue weighted by molar-refractivity contribution is 0.604. The fourth-order valence-electron chi connectivity index (χ4n) is 2.10. The Labute approximate surface area is 137 Å². The summed E-state index contributed by atoms with van der Waals surface area (Å²) < 4.78 is 14.2. The van der Waals surface area contributed by atoms with E-state index >= 15 is 0 Å². The quantitative estimate of drug-likeness (QED) is 0.704. The van der Waals surface area contributed by atoms with E-state index in [1.165, 1.54) is 15.8 Å². The van der Waals surface area contributed by atoms with Crippen molar-refractivity contribution >= 4 is 33.9 Å². The van der Waals surface area contributed by atoms with Gasteiger partial charge in [0.1, 0.15) is 5.82 Å². The average Bonchev–Trinajstić information content (AvgIpc) is 2.82. The van der Waals surface area contributed by atoms with Crippen molar-refractivity contribution in [2.24, 2.45) is 0 Å². The van der Waals surface area contributed by atoms with Gasteiger partial charge in [-0.05, 0) is 64.9 Å². The summed E-state index contributed by atoms with van der Waals surface area (Å²) in [7, 11) is 1.95. The third-order valence-corrected chi connectivity index (χ3v) is 5.72. The summed E-state index contributed by atoms with van der Waals surface area (Å²) in [5.41, 5.74) is 1.29. The van der Waals surface area contributed by atoms with Crippen LogP contribution < -0.4 is 5.32 Å². The summed E-state index contributed by atoms with van der Waals surface area (Å²) in [5.74, 6) is -0.186. The first kappa shape index (κ1) is 15.9. The lowest BCUT2D eigenvalue weighted by Gasteiger charge is -2.18. The first-order valence-corrected chi connectivity index (χ1v) is 8.45. The molecule has 1 N–H and O–H groups in total. The van der Waals surface area contributed by atoms with E-state index in [1.54, 1.807) is 6.07 Å². The number of halogens is 2. The van der Waals surface area contributed by atoms with Crippen LogP contribution in [0, 0.1) is 9.39 Å². The summed E-state index contributed by atoms with van der Waals surface area (Å²) in [5, 5.41) is 3.34. The van der Waals surface area contributed by atoms with Crippen LogP contribution in [-0.2, 0) is 5.41 Å². The minimum absolute atomic E-state index is 0.114. The van der Waals surface area contributed by atoms with Gasteiger partial charge in [-0.25, -0.2) is 4.39 Å². The molecule has 0 amide bonds. The molecule has 0 spiro atoms. The summed E-state index contributed by atoms with van der Waals surface area (Å²) in [6.07, 6.45) is 0. The van der Waals surface area contributed by atoms with Crippen molar-refractivity contribution in [2.75, 3.05) is 7.05 Å². The second-order valence-corrected chi connectivity index (χ2v) is 8.12. The molecule has 1 nitrogen and oxygen atoms in total. The molecule has 1 aromatic heterocycles. The van der Waals surface area contributed by atoms with E-state index in [0.29, 0.717) is 0 Å². The van der Waals surface area contributed by atoms with Crippen molar-refractivity contribution in [3.63, 3.8) is 0 Å². The van der Waals surface area contributed by atoms with Gasteiger partial charge in [0.15, 0.2) is 0 Å². The zero-order chi connectivity index (χ0) is 14.9. The third-order valence-electron chi connectivity index (χ3n) is 3.21. The monoisotopic (exact) mass is 403 g/mol. The molecule has 2 aromatic rings. The molecule has 0 bridgehead atoms. The van der Waals surface area contributed by atoms with Gasteiger partial charge in [-0.2, -0.15) is 0 Å². The Morgan fingerprint density at radius 2 is 1.90 bits per heavy atom. The number of hydrogen-bond donors (Lipinski definition) is 1. The van der Waals surface area contributed by atoms with Crippen LogP contribution in [-0.4, -0.2) is 7.05 Å². The fourth-order valence-corrected chi connectivity index (χ4v) is 4.08. The van der Waals surface area contributed by atoms with Crippen molar-refractivity contribution in [3.8, 4) is 0 Å². The lowest BCUT2D eigenvalue weighted by Crippen LogP contribution is -2.17. The fraction of sp³-hybridized carbons (Fsp3) is 0.375. The predicted octanol–water partition coefficient (Wildman–Crippen LogP) is 5.10. The van der Waals surface area contributed by atoms with Gasteiger partial charge in [-0.3, -0.25) is 0 Å². The number of hydrogen-bond acceptors (Lipinski definition) is 2. The van der Waals surface area contributed by atoms with Crippen molar-refractivity contribution in [3.05, 3.63) is 55.0 Å². The van der Waals surface area contributed by atoms with E-state index < -0.39 is 0 Å². The minimum Gasteiger partial charge on any atom is -0.309 e. The Morgan fingerprint density at radius 1 is 1.20 bits per heavy atom. The van der Waals surface area contributed by atoms with Crippen LogP contribution >= 0.6 is 33.9 Å². The van der Waals surface area contributed by atoms with E-state index in [4.69, 9.17) is 0 Å². The summed E-state index contributed by atoms with van der Waals surface area (Å²) >= 11 is 4.02. The standard InChI is InChI=1S/C16H19FINS/c1-16(2,3)14-8-7-13(20-14)15(19-4)11-6-5-10(17)9-12(11)18/h5-9,15,19H,1-4H3. The molecule has 108 valence electrons. The van der Waals surface area contributed by atoms with E-state index in [-0.39, 0.29) is 17.3 Å². The van der Waals surface area contributed by atoms with Gasteiger partial charge >= 0.3 is 0 Å². The molecule has 0 aliphatic carbocycles. The van der Waals surface area contributed by atoms with Crippen molar-refractivity contribution in [1.82, 2.24) is 5.32 Å². The van der Waals surface area contributed by atoms with Crippen LogP contribution in [0.1, 0.15) is 42.1 Å². The maximum Gasteiger partial charge on any atom is 0.124 e. The third kappa shape index (κ3) is 3.40. The molecule has 2 rings (SSSR count). The second kappa shape index (κ2) is 6.12. The van der Waals surface area contributed by atoms with Gasteiger partial charge in [0.2, 0.25) is 0 Å². The number of nitrogens with one attached hydrogen (secondary N) is 1. The zero-order valence-electron chi connectivity index (χ0n) is 12.1. The summed E-state index contributed by atoms with van der Waals surface area (Å²) in [4.78, 5) is 2.63. The van der Waals surface area contributed by atoms with Crippen LogP contribution in [0.2, 0.25) is 0 Å². The molecule has 0 fully saturated rings. The molecule has 0 saturated heterocycles. The van der Waals surface area contributed by atoms with E-state index in [0.717, 1.165) is 9.13 Å². The highest BCUT2D eigenvalue weighted by atomic mass is 127. The Morgan fingerprint density at radius 3 is 2.40 bits per heavy atom. The molecule has 0 aliphatic heterocycles. The molecule has 1 aromatic carbocycles. The van der Waals surface area contributed by atoms with Crippen molar-refractivity contribution < 1.29 is 4.39 Å². The highest BCUT2D eigenvalue weighted by molar-refractivity contribution is 14.1. The van der Waals surface area contributed by atoms with Crippen LogP contribution in [0.5, 0.6) is 0 Å². The molecule has 0 aliphatic rings. The minimum atomic E-state index is -0.186. The topological polar surface area (TPSA) is 12.0 Å². The largest absolute Gasteiger partial charge is 0.309 e. The Hall–Kier alpha value is -0.460. The molecule has 4 heteroatoms. The van der Waals surface area contributed by atoms with Crippen LogP contribution in [0.25, 0.3) is 0 Å². The van der Waals surface area contributed by atoms with Gasteiger partial charge in [-0.1, -0.05) is 26.8 Å². The van der Waals surface area contributed by atoms with Gasteiger partial charge in [-0.15, -0.1) is 11.3 Å². The Balaban J connectivity index is 2.40. The van der Waals surface area contributed by atoms with Crippen LogP contribution in [0.15, 0.2) is 30.3 Å². The predicted molar refractivity (Wildman–Crippen MR) is 93.0 cm³/mol. The van der Waals surface area contributed by atoms with Gasteiger partial charge in [0.05, 0.1) is 6.04 Å². The average molecular weight is 403 g/mol. The molecular weight excluding hydrogens is 384 g/mol.